The van der Waals surface area contributed by atoms with Gasteiger partial charge in [-0.2, -0.15) is 0 Å². The van der Waals surface area contributed by atoms with E-state index in [1.807, 2.05) is 6.07 Å². The summed E-state index contributed by atoms with van der Waals surface area (Å²) in [6, 6.07) is 8.59. The van der Waals surface area contributed by atoms with Crippen molar-refractivity contribution in [3.8, 4) is 11.5 Å². The number of nitrogens with zero attached hydrogens (tertiary/aromatic N) is 1. The van der Waals surface area contributed by atoms with Gasteiger partial charge in [-0.25, -0.2) is 4.79 Å². The monoisotopic (exact) mass is 367 g/mol. The maximum atomic E-state index is 13.0. The maximum Gasteiger partial charge on any atom is 0.343 e. The van der Waals surface area contributed by atoms with Crippen molar-refractivity contribution in [1.29, 1.82) is 0 Å². The van der Waals surface area contributed by atoms with Crippen molar-refractivity contribution in [2.45, 2.75) is 19.3 Å². The molecule has 3 aromatic rings. The van der Waals surface area contributed by atoms with E-state index in [2.05, 4.69) is 0 Å². The van der Waals surface area contributed by atoms with Crippen LogP contribution in [-0.2, 0) is 11.8 Å². The molecule has 0 radical (unpaired) electrons. The van der Waals surface area contributed by atoms with E-state index >= 15 is 0 Å². The fourth-order valence-corrected chi connectivity index (χ4v) is 3.54. The standard InChI is InChI=1S/C20H17NO6/c1-10-6-16-18(20(24)26-10)13(9-17(22)27-16)14-7-11-4-5-12(25-3)8-15(11)21(2)19(14)23/h4-8,13H,9H2,1-3H3/t13-/m1/s1. The Kier molecular flexibility index (Phi) is 3.87. The molecule has 0 saturated carbocycles. The molecule has 1 atom stereocenters. The second-order valence-electron chi connectivity index (χ2n) is 6.54. The third kappa shape index (κ3) is 2.71. The number of carbonyl (C=O) groups excluding carboxylic acids is 1. The minimum absolute atomic E-state index is 0.0995. The van der Waals surface area contributed by atoms with Crippen LogP contribution in [0.2, 0.25) is 0 Å². The molecule has 0 spiro atoms. The summed E-state index contributed by atoms with van der Waals surface area (Å²) in [6.45, 7) is 1.60. The van der Waals surface area contributed by atoms with Gasteiger partial charge in [-0.1, -0.05) is 0 Å². The highest BCUT2D eigenvalue weighted by Gasteiger charge is 2.34. The molecule has 3 heterocycles. The van der Waals surface area contributed by atoms with Crippen LogP contribution in [0.5, 0.6) is 11.5 Å². The molecule has 138 valence electrons. The fourth-order valence-electron chi connectivity index (χ4n) is 3.54. The fraction of sp³-hybridized carbons (Fsp3) is 0.250. The van der Waals surface area contributed by atoms with E-state index in [0.29, 0.717) is 22.6 Å². The molecule has 0 fully saturated rings. The minimum atomic E-state index is -0.719. The van der Waals surface area contributed by atoms with E-state index in [9.17, 15) is 14.4 Å². The number of carbonyl (C=O) groups is 1. The van der Waals surface area contributed by atoms with Gasteiger partial charge < -0.3 is 18.5 Å². The van der Waals surface area contributed by atoms with Gasteiger partial charge in [0.25, 0.3) is 5.56 Å². The van der Waals surface area contributed by atoms with Crippen LogP contribution in [0.1, 0.15) is 29.2 Å². The van der Waals surface area contributed by atoms with E-state index in [1.54, 1.807) is 39.3 Å². The van der Waals surface area contributed by atoms with Gasteiger partial charge in [0, 0.05) is 30.7 Å². The van der Waals surface area contributed by atoms with Gasteiger partial charge in [0.05, 0.1) is 24.6 Å². The lowest BCUT2D eigenvalue weighted by Crippen LogP contribution is -2.31. The first-order valence-electron chi connectivity index (χ1n) is 8.42. The number of aromatic nitrogens is 1. The summed E-state index contributed by atoms with van der Waals surface area (Å²) in [6.07, 6.45) is -0.0995. The Morgan fingerprint density at radius 3 is 2.67 bits per heavy atom. The average molecular weight is 367 g/mol. The van der Waals surface area contributed by atoms with Crippen molar-refractivity contribution in [2.24, 2.45) is 7.05 Å². The van der Waals surface area contributed by atoms with Crippen molar-refractivity contribution in [3.63, 3.8) is 0 Å². The third-order valence-corrected chi connectivity index (χ3v) is 4.85. The number of methoxy groups -OCH3 is 1. The van der Waals surface area contributed by atoms with Crippen LogP contribution >= 0.6 is 0 Å². The van der Waals surface area contributed by atoms with Crippen LogP contribution in [0.15, 0.2) is 44.3 Å². The molecule has 4 rings (SSSR count). The number of esters is 1. The predicted molar refractivity (Wildman–Crippen MR) is 97.6 cm³/mol. The van der Waals surface area contributed by atoms with E-state index in [4.69, 9.17) is 13.9 Å². The highest BCUT2D eigenvalue weighted by molar-refractivity contribution is 5.82. The van der Waals surface area contributed by atoms with Gasteiger partial charge >= 0.3 is 11.6 Å². The Balaban J connectivity index is 1.99. The Labute approximate surface area is 153 Å². The summed E-state index contributed by atoms with van der Waals surface area (Å²) in [5, 5.41) is 0.796. The molecule has 1 aromatic carbocycles. The summed E-state index contributed by atoms with van der Waals surface area (Å²) >= 11 is 0. The summed E-state index contributed by atoms with van der Waals surface area (Å²) < 4.78 is 17.1. The Morgan fingerprint density at radius 2 is 1.93 bits per heavy atom. The molecule has 1 aliphatic heterocycles. The normalized spacial score (nSPS) is 16.1. The van der Waals surface area contributed by atoms with Crippen LogP contribution in [-0.4, -0.2) is 17.6 Å². The number of hydrogen-bond donors (Lipinski definition) is 0. The number of rotatable bonds is 2. The molecular formula is C20H17NO6. The predicted octanol–water partition coefficient (Wildman–Crippen LogP) is 2.25. The van der Waals surface area contributed by atoms with Gasteiger partial charge in [0.2, 0.25) is 0 Å². The number of hydrogen-bond acceptors (Lipinski definition) is 6. The van der Waals surface area contributed by atoms with Crippen molar-refractivity contribution in [3.05, 3.63) is 68.0 Å². The van der Waals surface area contributed by atoms with Gasteiger partial charge in [-0.3, -0.25) is 9.59 Å². The Morgan fingerprint density at radius 1 is 1.15 bits per heavy atom. The second-order valence-corrected chi connectivity index (χ2v) is 6.54. The van der Waals surface area contributed by atoms with E-state index in [0.717, 1.165) is 5.39 Å². The molecule has 0 amide bonds. The molecular weight excluding hydrogens is 350 g/mol. The first-order valence-corrected chi connectivity index (χ1v) is 8.42. The Bertz CT molecular complexity index is 1200. The lowest BCUT2D eigenvalue weighted by atomic mass is 9.87. The van der Waals surface area contributed by atoms with Crippen molar-refractivity contribution >= 4 is 16.9 Å². The molecule has 1 aliphatic rings. The summed E-state index contributed by atoms with van der Waals surface area (Å²) in [5.74, 6) is -0.0850. The smallest absolute Gasteiger partial charge is 0.343 e. The molecule has 0 saturated heterocycles. The average Bonchev–Trinajstić information content (AvgIpc) is 2.63. The molecule has 0 unspecified atom stereocenters. The lowest BCUT2D eigenvalue weighted by Gasteiger charge is -2.23. The molecule has 0 N–H and O–H groups in total. The summed E-state index contributed by atoms with van der Waals surface area (Å²) in [7, 11) is 3.20. The van der Waals surface area contributed by atoms with Crippen LogP contribution in [0.3, 0.4) is 0 Å². The largest absolute Gasteiger partial charge is 0.497 e. The van der Waals surface area contributed by atoms with E-state index in [1.165, 1.54) is 10.6 Å². The highest BCUT2D eigenvalue weighted by atomic mass is 16.5. The van der Waals surface area contributed by atoms with Crippen molar-refractivity contribution < 1.29 is 18.7 Å². The Hall–Kier alpha value is -3.35. The zero-order valence-electron chi connectivity index (χ0n) is 15.1. The lowest BCUT2D eigenvalue weighted by molar-refractivity contribution is -0.135. The maximum absolute atomic E-state index is 13.0. The zero-order chi connectivity index (χ0) is 19.3. The highest BCUT2D eigenvalue weighted by Crippen LogP contribution is 2.36. The SMILES string of the molecule is COc1ccc2cc([C@H]3CC(=O)Oc4cc(C)oc(=O)c43)c(=O)n(C)c2c1. The van der Waals surface area contributed by atoms with E-state index in [-0.39, 0.29) is 23.3 Å². The van der Waals surface area contributed by atoms with Crippen LogP contribution < -0.4 is 20.7 Å². The number of ether oxygens (including phenoxy) is 2. The summed E-state index contributed by atoms with van der Waals surface area (Å²) in [5.41, 5.74) is 0.354. The zero-order valence-corrected chi connectivity index (χ0v) is 15.1. The molecule has 2 aromatic heterocycles. The van der Waals surface area contributed by atoms with Gasteiger partial charge in [0.15, 0.2) is 0 Å². The van der Waals surface area contributed by atoms with Crippen LogP contribution in [0.4, 0.5) is 0 Å². The van der Waals surface area contributed by atoms with Gasteiger partial charge in [-0.15, -0.1) is 0 Å². The molecule has 0 aliphatic carbocycles. The van der Waals surface area contributed by atoms with Gasteiger partial charge in [0.1, 0.15) is 17.3 Å². The second kappa shape index (κ2) is 6.12. The number of benzene rings is 1. The van der Waals surface area contributed by atoms with Crippen LogP contribution in [0, 0.1) is 6.92 Å². The topological polar surface area (TPSA) is 87.7 Å². The van der Waals surface area contributed by atoms with Gasteiger partial charge in [-0.05, 0) is 30.5 Å². The number of aryl methyl sites for hydroxylation is 2. The number of pyridine rings is 1. The molecule has 7 nitrogen and oxygen atoms in total. The van der Waals surface area contributed by atoms with E-state index < -0.39 is 17.5 Å². The minimum Gasteiger partial charge on any atom is -0.497 e. The third-order valence-electron chi connectivity index (χ3n) is 4.85. The quantitative estimate of drug-likeness (QED) is 0.646. The van der Waals surface area contributed by atoms with Crippen molar-refractivity contribution in [1.82, 2.24) is 4.57 Å². The number of fused-ring (bicyclic) bond motifs is 2. The molecule has 27 heavy (non-hydrogen) atoms. The van der Waals surface area contributed by atoms with Crippen LogP contribution in [0.25, 0.3) is 10.9 Å². The first-order chi connectivity index (χ1) is 12.9. The molecule has 0 bridgehead atoms. The van der Waals surface area contributed by atoms with Crippen molar-refractivity contribution in [2.75, 3.05) is 7.11 Å². The molecule has 7 heteroatoms. The first kappa shape index (κ1) is 17.1. The summed E-state index contributed by atoms with van der Waals surface area (Å²) in [4.78, 5) is 37.5.